The van der Waals surface area contributed by atoms with Crippen LogP contribution in [0.1, 0.15) is 19.3 Å². The van der Waals surface area contributed by atoms with Gasteiger partial charge in [-0.05, 0) is 36.8 Å². The van der Waals surface area contributed by atoms with Crippen LogP contribution in [0.25, 0.3) is 10.8 Å². The van der Waals surface area contributed by atoms with Crippen molar-refractivity contribution in [2.75, 3.05) is 13.1 Å². The molecule has 1 heterocycles. The van der Waals surface area contributed by atoms with Gasteiger partial charge in [-0.2, -0.15) is 4.31 Å². The molecule has 2 aliphatic rings. The molecule has 0 amide bonds. The van der Waals surface area contributed by atoms with Crippen LogP contribution in [-0.2, 0) is 10.0 Å². The van der Waals surface area contributed by atoms with Crippen LogP contribution < -0.4 is 0 Å². The lowest BCUT2D eigenvalue weighted by Crippen LogP contribution is -2.39. The van der Waals surface area contributed by atoms with Crippen molar-refractivity contribution in [3.8, 4) is 0 Å². The summed E-state index contributed by atoms with van der Waals surface area (Å²) in [5.74, 6) is 0.746. The molecule has 2 aromatic carbocycles. The first-order valence-electron chi connectivity index (χ1n) is 9.17. The lowest BCUT2D eigenvalue weighted by Gasteiger charge is -2.34. The molecule has 1 unspecified atom stereocenters. The van der Waals surface area contributed by atoms with Crippen LogP contribution in [0.5, 0.6) is 0 Å². The van der Waals surface area contributed by atoms with Crippen molar-refractivity contribution in [1.82, 2.24) is 4.31 Å². The minimum atomic E-state index is -3.56. The predicted octanol–water partition coefficient (Wildman–Crippen LogP) is 5.59. The molecule has 0 spiro atoms. The number of hydrogen-bond donors (Lipinski definition) is 0. The maximum absolute atomic E-state index is 13.3. The minimum Gasteiger partial charge on any atom is -0.207 e. The molecule has 27 heavy (non-hydrogen) atoms. The number of halogens is 2. The Morgan fingerprint density at radius 2 is 1.67 bits per heavy atom. The molecule has 0 saturated carbocycles. The molecule has 142 valence electrons. The van der Waals surface area contributed by atoms with E-state index in [9.17, 15) is 8.42 Å². The fraction of sp³-hybridized carbons (Fsp3) is 0.333. The first kappa shape index (κ1) is 19.0. The molecule has 1 aliphatic heterocycles. The number of piperidine rings is 1. The summed E-state index contributed by atoms with van der Waals surface area (Å²) in [6, 6.07) is 10.7. The van der Waals surface area contributed by atoms with Gasteiger partial charge in [-0.3, -0.25) is 0 Å². The number of sulfonamides is 1. The molecule has 0 N–H and O–H groups in total. The normalized spacial score (nSPS) is 22.1. The highest BCUT2D eigenvalue weighted by atomic mass is 35.5. The van der Waals surface area contributed by atoms with Crippen molar-refractivity contribution in [1.29, 1.82) is 0 Å². The SMILES string of the molecule is O=S(=O)(c1cccc2c(Cl)cccc12)N1CCC(C2C=CCC(Cl)=C2)CC1. The predicted molar refractivity (Wildman–Crippen MR) is 112 cm³/mol. The highest BCUT2D eigenvalue weighted by Crippen LogP contribution is 2.35. The zero-order valence-corrected chi connectivity index (χ0v) is 17.1. The second-order valence-corrected chi connectivity index (χ2v) is 9.95. The Hall–Kier alpha value is -1.33. The molecule has 0 radical (unpaired) electrons. The van der Waals surface area contributed by atoms with E-state index in [0.29, 0.717) is 40.2 Å². The van der Waals surface area contributed by atoms with E-state index in [-0.39, 0.29) is 0 Å². The van der Waals surface area contributed by atoms with E-state index in [1.807, 2.05) is 12.1 Å². The van der Waals surface area contributed by atoms with Gasteiger partial charge in [-0.25, -0.2) is 8.42 Å². The molecule has 6 heteroatoms. The summed E-state index contributed by atoms with van der Waals surface area (Å²) in [5.41, 5.74) is 0. The van der Waals surface area contributed by atoms with Crippen LogP contribution in [0.2, 0.25) is 5.02 Å². The highest BCUT2D eigenvalue weighted by Gasteiger charge is 2.32. The molecule has 1 saturated heterocycles. The summed E-state index contributed by atoms with van der Waals surface area (Å²) in [5, 5.41) is 2.89. The maximum atomic E-state index is 13.3. The molecule has 3 nitrogen and oxygen atoms in total. The van der Waals surface area contributed by atoms with E-state index in [4.69, 9.17) is 23.2 Å². The third-order valence-corrected chi connectivity index (χ3v) is 8.10. The van der Waals surface area contributed by atoms with E-state index >= 15 is 0 Å². The van der Waals surface area contributed by atoms with Crippen LogP contribution in [0, 0.1) is 11.8 Å². The summed E-state index contributed by atoms with van der Waals surface area (Å²) in [6.07, 6.45) is 8.89. The van der Waals surface area contributed by atoms with Crippen LogP contribution in [-0.4, -0.2) is 25.8 Å². The Balaban J connectivity index is 1.57. The first-order valence-corrected chi connectivity index (χ1v) is 11.4. The van der Waals surface area contributed by atoms with Gasteiger partial charge in [0.15, 0.2) is 0 Å². The molecule has 2 aromatic rings. The number of hydrogen-bond acceptors (Lipinski definition) is 2. The Kier molecular flexibility index (Phi) is 5.34. The molecule has 4 rings (SSSR count). The lowest BCUT2D eigenvalue weighted by molar-refractivity contribution is 0.250. The molecule has 1 fully saturated rings. The van der Waals surface area contributed by atoms with Gasteiger partial charge in [0, 0.05) is 40.3 Å². The van der Waals surface area contributed by atoms with Crippen LogP contribution in [0.4, 0.5) is 0 Å². The molecular formula is C21H21Cl2NO2S. The third kappa shape index (κ3) is 3.68. The zero-order chi connectivity index (χ0) is 19.0. The zero-order valence-electron chi connectivity index (χ0n) is 14.8. The topological polar surface area (TPSA) is 37.4 Å². The van der Waals surface area contributed by atoms with Gasteiger partial charge in [0.2, 0.25) is 10.0 Å². The van der Waals surface area contributed by atoms with Crippen molar-refractivity contribution < 1.29 is 8.42 Å². The summed E-state index contributed by atoms with van der Waals surface area (Å²) in [4.78, 5) is 0.335. The molecule has 0 bridgehead atoms. The van der Waals surface area contributed by atoms with Gasteiger partial charge < -0.3 is 0 Å². The van der Waals surface area contributed by atoms with Crippen molar-refractivity contribution in [3.63, 3.8) is 0 Å². The van der Waals surface area contributed by atoms with Gasteiger partial charge in [0.05, 0.1) is 4.90 Å². The molecule has 1 aliphatic carbocycles. The monoisotopic (exact) mass is 421 g/mol. The van der Waals surface area contributed by atoms with Gasteiger partial charge in [0.25, 0.3) is 0 Å². The van der Waals surface area contributed by atoms with Gasteiger partial charge in [-0.1, -0.05) is 65.7 Å². The molecule has 1 atom stereocenters. The van der Waals surface area contributed by atoms with E-state index in [1.165, 1.54) is 0 Å². The Labute approximate surface area is 170 Å². The largest absolute Gasteiger partial charge is 0.243 e. The molecule has 0 aromatic heterocycles. The Morgan fingerprint density at radius 1 is 0.963 bits per heavy atom. The maximum Gasteiger partial charge on any atom is 0.243 e. The van der Waals surface area contributed by atoms with E-state index in [1.54, 1.807) is 28.6 Å². The minimum absolute atomic E-state index is 0.312. The third-order valence-electron chi connectivity index (χ3n) is 5.53. The lowest BCUT2D eigenvalue weighted by atomic mass is 9.83. The van der Waals surface area contributed by atoms with Crippen molar-refractivity contribution in [3.05, 3.63) is 64.7 Å². The fourth-order valence-corrected chi connectivity index (χ4v) is 6.22. The van der Waals surface area contributed by atoms with Gasteiger partial charge in [0.1, 0.15) is 0 Å². The average Bonchev–Trinajstić information content (AvgIpc) is 2.68. The quantitative estimate of drug-likeness (QED) is 0.605. The van der Waals surface area contributed by atoms with Gasteiger partial charge >= 0.3 is 0 Å². The van der Waals surface area contributed by atoms with Crippen LogP contribution >= 0.6 is 23.2 Å². The smallest absolute Gasteiger partial charge is 0.207 e. The summed E-state index contributed by atoms with van der Waals surface area (Å²) >= 11 is 12.4. The van der Waals surface area contributed by atoms with E-state index < -0.39 is 10.0 Å². The van der Waals surface area contributed by atoms with Crippen LogP contribution in [0.3, 0.4) is 0 Å². The first-order chi connectivity index (χ1) is 13.0. The number of allylic oxidation sites excluding steroid dienone is 4. The van der Waals surface area contributed by atoms with Gasteiger partial charge in [-0.15, -0.1) is 0 Å². The summed E-state index contributed by atoms with van der Waals surface area (Å²) < 4.78 is 28.2. The number of fused-ring (bicyclic) bond motifs is 1. The van der Waals surface area contributed by atoms with Crippen molar-refractivity contribution >= 4 is 44.0 Å². The van der Waals surface area contributed by atoms with E-state index in [2.05, 4.69) is 18.2 Å². The van der Waals surface area contributed by atoms with E-state index in [0.717, 1.165) is 29.7 Å². The highest BCUT2D eigenvalue weighted by molar-refractivity contribution is 7.89. The fourth-order valence-electron chi connectivity index (χ4n) is 4.07. The summed E-state index contributed by atoms with van der Waals surface area (Å²) in [7, 11) is -3.56. The number of nitrogens with zero attached hydrogens (tertiary/aromatic N) is 1. The second-order valence-electron chi connectivity index (χ2n) is 7.16. The second kappa shape index (κ2) is 7.59. The van der Waals surface area contributed by atoms with Crippen LogP contribution in [0.15, 0.2) is 64.6 Å². The standard InChI is InChI=1S/C21H21Cl2NO2S/c22-17-5-1-4-16(14-17)15-10-12-24(13-11-15)27(25,26)21-9-3-6-18-19(21)7-2-8-20(18)23/h1-4,6-9,14-16H,5,10-13H2. The van der Waals surface area contributed by atoms with Crippen molar-refractivity contribution in [2.24, 2.45) is 11.8 Å². The Morgan fingerprint density at radius 3 is 2.41 bits per heavy atom. The van der Waals surface area contributed by atoms with Crippen molar-refractivity contribution in [2.45, 2.75) is 24.2 Å². The Bertz CT molecular complexity index is 1020. The number of benzene rings is 2. The average molecular weight is 422 g/mol. The molecular weight excluding hydrogens is 401 g/mol. The summed E-state index contributed by atoms with van der Waals surface area (Å²) in [6.45, 7) is 1.06. The number of rotatable bonds is 3.